The van der Waals surface area contributed by atoms with Crippen molar-refractivity contribution in [2.75, 3.05) is 33.4 Å². The summed E-state index contributed by atoms with van der Waals surface area (Å²) < 4.78 is 10.4. The minimum atomic E-state index is -1.05. The van der Waals surface area contributed by atoms with Gasteiger partial charge < -0.3 is 19.5 Å². The van der Waals surface area contributed by atoms with E-state index < -0.39 is 11.4 Å². The predicted octanol–water partition coefficient (Wildman–Crippen LogP) is 2.32. The quantitative estimate of drug-likeness (QED) is 0.841. The number of carbonyl (C=O) groups excluding carboxylic acids is 1. The van der Waals surface area contributed by atoms with E-state index >= 15 is 0 Å². The first-order chi connectivity index (χ1) is 10.9. The smallest absolute Gasteiger partial charge is 0.313 e. The summed E-state index contributed by atoms with van der Waals surface area (Å²) >= 11 is 11.7. The van der Waals surface area contributed by atoms with E-state index in [-0.39, 0.29) is 25.7 Å². The van der Waals surface area contributed by atoms with Crippen LogP contribution in [0.3, 0.4) is 0 Å². The van der Waals surface area contributed by atoms with Gasteiger partial charge in [0.05, 0.1) is 16.7 Å². The lowest BCUT2D eigenvalue weighted by Gasteiger charge is -2.23. The fraction of sp³-hybridized carbons (Fsp3) is 0.467. The van der Waals surface area contributed by atoms with Gasteiger partial charge in [-0.25, -0.2) is 0 Å². The molecule has 1 aromatic rings. The molecule has 0 saturated carbocycles. The normalized spacial score (nSPS) is 20.6. The highest BCUT2D eigenvalue weighted by molar-refractivity contribution is 6.42. The lowest BCUT2D eigenvalue weighted by atomic mass is 9.88. The summed E-state index contributed by atoms with van der Waals surface area (Å²) in [6.07, 6.45) is 0.356. The number of carbonyl (C=O) groups is 2. The summed E-state index contributed by atoms with van der Waals surface area (Å²) in [5.41, 5.74) is -1.05. The van der Waals surface area contributed by atoms with Gasteiger partial charge in [-0.05, 0) is 18.6 Å². The second-order valence-electron chi connectivity index (χ2n) is 5.45. The van der Waals surface area contributed by atoms with E-state index in [4.69, 9.17) is 32.7 Å². The van der Waals surface area contributed by atoms with Gasteiger partial charge in [-0.15, -0.1) is 0 Å². The third kappa shape index (κ3) is 4.07. The fourth-order valence-corrected chi connectivity index (χ4v) is 2.81. The second-order valence-corrected chi connectivity index (χ2v) is 6.26. The zero-order chi connectivity index (χ0) is 17.0. The van der Waals surface area contributed by atoms with Crippen LogP contribution in [0.4, 0.5) is 0 Å². The van der Waals surface area contributed by atoms with E-state index in [1.807, 2.05) is 0 Å². The number of carboxylic acid groups (broad SMARTS) is 1. The third-order valence-electron chi connectivity index (χ3n) is 3.83. The number of nitrogens with zero attached hydrogens (tertiary/aromatic N) is 1. The van der Waals surface area contributed by atoms with Crippen molar-refractivity contribution in [3.05, 3.63) is 28.2 Å². The molecule has 1 heterocycles. The Hall–Kier alpha value is -1.50. The van der Waals surface area contributed by atoms with Crippen LogP contribution >= 0.6 is 23.2 Å². The van der Waals surface area contributed by atoms with Crippen molar-refractivity contribution in [1.29, 1.82) is 0 Å². The van der Waals surface area contributed by atoms with Gasteiger partial charge in [0, 0.05) is 26.3 Å². The maximum absolute atomic E-state index is 12.2. The molecule has 0 aliphatic carbocycles. The van der Waals surface area contributed by atoms with Crippen LogP contribution in [0.15, 0.2) is 18.2 Å². The zero-order valence-electron chi connectivity index (χ0n) is 12.6. The van der Waals surface area contributed by atoms with E-state index in [0.717, 1.165) is 0 Å². The number of ether oxygens (including phenoxy) is 2. The lowest BCUT2D eigenvalue weighted by Crippen LogP contribution is -2.41. The molecule has 1 aliphatic heterocycles. The fourth-order valence-electron chi connectivity index (χ4n) is 2.52. The first kappa shape index (κ1) is 17.8. The maximum atomic E-state index is 12.2. The van der Waals surface area contributed by atoms with Gasteiger partial charge in [-0.2, -0.15) is 0 Å². The van der Waals surface area contributed by atoms with Crippen molar-refractivity contribution in [1.82, 2.24) is 4.90 Å². The van der Waals surface area contributed by atoms with E-state index in [2.05, 4.69) is 0 Å². The monoisotopic (exact) mass is 361 g/mol. The van der Waals surface area contributed by atoms with Gasteiger partial charge in [0.1, 0.15) is 11.2 Å². The third-order valence-corrected chi connectivity index (χ3v) is 4.57. The molecule has 1 aliphatic rings. The van der Waals surface area contributed by atoms with Gasteiger partial charge in [0.15, 0.2) is 6.61 Å². The Morgan fingerprint density at radius 1 is 1.35 bits per heavy atom. The number of benzene rings is 1. The Morgan fingerprint density at radius 3 is 2.70 bits per heavy atom. The molecule has 1 fully saturated rings. The van der Waals surface area contributed by atoms with Crippen LogP contribution in [0.5, 0.6) is 5.75 Å². The van der Waals surface area contributed by atoms with Gasteiger partial charge in [0.25, 0.3) is 5.91 Å². The Morgan fingerprint density at radius 2 is 2.09 bits per heavy atom. The van der Waals surface area contributed by atoms with Crippen LogP contribution in [0, 0.1) is 5.41 Å². The van der Waals surface area contributed by atoms with Crippen LogP contribution in [0.1, 0.15) is 6.42 Å². The molecule has 8 heteroatoms. The molecule has 1 N–H and O–H groups in total. The molecule has 1 saturated heterocycles. The Kier molecular flexibility index (Phi) is 5.73. The highest BCUT2D eigenvalue weighted by atomic mass is 35.5. The van der Waals surface area contributed by atoms with Gasteiger partial charge in [-0.3, -0.25) is 9.59 Å². The van der Waals surface area contributed by atoms with Crippen molar-refractivity contribution < 1.29 is 24.2 Å². The van der Waals surface area contributed by atoms with Crippen molar-refractivity contribution in [3.8, 4) is 5.75 Å². The Balaban J connectivity index is 1.94. The molecule has 126 valence electrons. The Bertz CT molecular complexity index is 610. The molecule has 1 amide bonds. The number of hydrogen-bond acceptors (Lipinski definition) is 4. The van der Waals surface area contributed by atoms with Crippen LogP contribution in [0.2, 0.25) is 10.0 Å². The Labute approximate surface area is 143 Å². The van der Waals surface area contributed by atoms with E-state index in [0.29, 0.717) is 28.8 Å². The van der Waals surface area contributed by atoms with Crippen molar-refractivity contribution in [2.45, 2.75) is 6.42 Å². The van der Waals surface area contributed by atoms with Crippen LogP contribution in [-0.2, 0) is 14.3 Å². The van der Waals surface area contributed by atoms with Crippen LogP contribution in [-0.4, -0.2) is 55.3 Å². The average molecular weight is 362 g/mol. The number of likely N-dealkylation sites (tertiary alicyclic amines) is 1. The molecule has 23 heavy (non-hydrogen) atoms. The van der Waals surface area contributed by atoms with Crippen molar-refractivity contribution in [3.63, 3.8) is 0 Å². The molecule has 2 rings (SSSR count). The van der Waals surface area contributed by atoms with Gasteiger partial charge in [0.2, 0.25) is 0 Å². The van der Waals surface area contributed by atoms with Crippen molar-refractivity contribution in [2.24, 2.45) is 5.41 Å². The standard InChI is InChI=1S/C15H17Cl2NO5/c1-22-9-15(14(20)21)4-5-18(8-15)13(19)7-23-10-2-3-11(16)12(17)6-10/h2-3,6H,4-5,7-9H2,1H3,(H,20,21). The van der Waals surface area contributed by atoms with Crippen molar-refractivity contribution >= 4 is 35.1 Å². The maximum Gasteiger partial charge on any atom is 0.313 e. The summed E-state index contributed by atoms with van der Waals surface area (Å²) in [6.45, 7) is 0.347. The van der Waals surface area contributed by atoms with E-state index in [9.17, 15) is 14.7 Å². The SMILES string of the molecule is COCC1(C(=O)O)CCN(C(=O)COc2ccc(Cl)c(Cl)c2)C1. The highest BCUT2D eigenvalue weighted by Crippen LogP contribution is 2.31. The molecule has 6 nitrogen and oxygen atoms in total. The summed E-state index contributed by atoms with van der Waals surface area (Å²) in [7, 11) is 1.45. The van der Waals surface area contributed by atoms with Crippen LogP contribution < -0.4 is 4.74 Å². The summed E-state index contributed by atoms with van der Waals surface area (Å²) in [6, 6.07) is 4.71. The number of rotatable bonds is 6. The lowest BCUT2D eigenvalue weighted by molar-refractivity contribution is -0.151. The van der Waals surface area contributed by atoms with E-state index in [1.54, 1.807) is 12.1 Å². The summed E-state index contributed by atoms with van der Waals surface area (Å²) in [5.74, 6) is -0.816. The highest BCUT2D eigenvalue weighted by Gasteiger charge is 2.46. The molecule has 0 bridgehead atoms. The second kappa shape index (κ2) is 7.38. The molecule has 0 radical (unpaired) electrons. The minimum absolute atomic E-state index is 0.0692. The molecule has 1 atom stereocenters. The largest absolute Gasteiger partial charge is 0.484 e. The number of halogens is 2. The molecule has 1 unspecified atom stereocenters. The van der Waals surface area contributed by atoms with Gasteiger partial charge in [-0.1, -0.05) is 23.2 Å². The molecule has 0 aromatic heterocycles. The summed E-state index contributed by atoms with van der Waals surface area (Å²) in [5, 5.41) is 10.1. The molecule has 0 spiro atoms. The zero-order valence-corrected chi connectivity index (χ0v) is 14.1. The van der Waals surface area contributed by atoms with E-state index in [1.165, 1.54) is 18.1 Å². The number of amides is 1. The summed E-state index contributed by atoms with van der Waals surface area (Å²) in [4.78, 5) is 25.1. The number of carboxylic acids is 1. The number of methoxy groups -OCH3 is 1. The molecule has 1 aromatic carbocycles. The first-order valence-corrected chi connectivity index (χ1v) is 7.71. The number of hydrogen-bond donors (Lipinski definition) is 1. The first-order valence-electron chi connectivity index (χ1n) is 6.96. The minimum Gasteiger partial charge on any atom is -0.484 e. The number of aliphatic carboxylic acids is 1. The topological polar surface area (TPSA) is 76.1 Å². The predicted molar refractivity (Wildman–Crippen MR) is 85.1 cm³/mol. The molecular weight excluding hydrogens is 345 g/mol. The molecular formula is C15H17Cl2NO5. The van der Waals surface area contributed by atoms with Gasteiger partial charge >= 0.3 is 5.97 Å². The van der Waals surface area contributed by atoms with Crippen LogP contribution in [0.25, 0.3) is 0 Å². The average Bonchev–Trinajstić information content (AvgIpc) is 2.94.